The number of aliphatic carboxylic acids is 2. The molecule has 1 atom stereocenters. The number of aliphatic hydroxyl groups is 1. The van der Waals surface area contributed by atoms with Gasteiger partial charge in [-0.25, -0.2) is 0 Å². The molecule has 1 unspecified atom stereocenters. The molecular formula is C31H48N4O11. The summed E-state index contributed by atoms with van der Waals surface area (Å²) in [7, 11) is 2.38. The summed E-state index contributed by atoms with van der Waals surface area (Å²) in [5.74, 6) is -3.86. The van der Waals surface area contributed by atoms with E-state index < -0.39 is 54.0 Å². The number of carbonyl (C=O) groups excluding carboxylic acids is 4. The van der Waals surface area contributed by atoms with Gasteiger partial charge < -0.3 is 34.9 Å². The molecule has 1 amide bonds. The molecule has 0 fully saturated rings. The van der Waals surface area contributed by atoms with Crippen LogP contribution in [0.1, 0.15) is 39.7 Å². The van der Waals surface area contributed by atoms with Crippen LogP contribution in [0.5, 0.6) is 0 Å². The Bertz CT molecular complexity index is 1180. The van der Waals surface area contributed by atoms with E-state index in [-0.39, 0.29) is 58.0 Å². The highest BCUT2D eigenvalue weighted by Crippen LogP contribution is 2.29. The molecule has 0 spiro atoms. The number of benzene rings is 1. The first-order valence-electron chi connectivity index (χ1n) is 14.7. The van der Waals surface area contributed by atoms with Gasteiger partial charge in [0.25, 0.3) is 0 Å². The summed E-state index contributed by atoms with van der Waals surface area (Å²) in [6.07, 6.45) is 1.12. The van der Waals surface area contributed by atoms with Gasteiger partial charge in [-0.2, -0.15) is 0 Å². The van der Waals surface area contributed by atoms with E-state index in [9.17, 15) is 44.1 Å². The van der Waals surface area contributed by atoms with Crippen LogP contribution in [0, 0.1) is 5.41 Å². The highest BCUT2D eigenvalue weighted by atomic mass is 16.5. The molecule has 15 nitrogen and oxygen atoms in total. The molecule has 0 aromatic heterocycles. The maximum Gasteiger partial charge on any atom is 0.319 e. The molecule has 1 aromatic rings. The van der Waals surface area contributed by atoms with Gasteiger partial charge in [0.05, 0.1) is 52.5 Å². The second-order valence-electron chi connectivity index (χ2n) is 12.4. The number of rotatable bonds is 22. The van der Waals surface area contributed by atoms with Crippen molar-refractivity contribution in [3.8, 4) is 0 Å². The lowest BCUT2D eigenvalue weighted by molar-refractivity contribution is -0.145. The van der Waals surface area contributed by atoms with Crippen molar-refractivity contribution in [2.45, 2.75) is 52.2 Å². The van der Waals surface area contributed by atoms with Crippen LogP contribution >= 0.6 is 0 Å². The Hall–Kier alpha value is -3.92. The molecular weight excluding hydrogens is 604 g/mol. The fraction of sp³-hybridized carbons (Fsp3) is 0.613. The lowest BCUT2D eigenvalue weighted by Crippen LogP contribution is -2.50. The number of nitrogens with one attached hydrogen (secondary N) is 1. The minimum atomic E-state index is -1.18. The third-order valence-electron chi connectivity index (χ3n) is 7.06. The molecule has 15 heteroatoms. The van der Waals surface area contributed by atoms with Crippen LogP contribution in [0.3, 0.4) is 0 Å². The zero-order valence-corrected chi connectivity index (χ0v) is 27.5. The number of hydrogen-bond acceptors (Lipinski definition) is 12. The first kappa shape index (κ1) is 40.1. The van der Waals surface area contributed by atoms with Crippen molar-refractivity contribution in [1.29, 1.82) is 0 Å². The van der Waals surface area contributed by atoms with Crippen molar-refractivity contribution in [2.75, 3.05) is 71.9 Å². The van der Waals surface area contributed by atoms with Gasteiger partial charge in [0.1, 0.15) is 6.29 Å². The van der Waals surface area contributed by atoms with Crippen molar-refractivity contribution >= 4 is 41.8 Å². The zero-order chi connectivity index (χ0) is 35.1. The smallest absolute Gasteiger partial charge is 0.319 e. The van der Waals surface area contributed by atoms with Gasteiger partial charge in [0.2, 0.25) is 5.91 Å². The van der Waals surface area contributed by atoms with Crippen molar-refractivity contribution in [2.24, 2.45) is 5.41 Å². The minimum absolute atomic E-state index is 0.0181. The number of ether oxygens (including phenoxy) is 2. The van der Waals surface area contributed by atoms with E-state index in [0.717, 1.165) is 5.56 Å². The zero-order valence-electron chi connectivity index (χ0n) is 27.5. The summed E-state index contributed by atoms with van der Waals surface area (Å²) >= 11 is 0. The average molecular weight is 653 g/mol. The number of esters is 2. The van der Waals surface area contributed by atoms with Gasteiger partial charge >= 0.3 is 23.9 Å². The summed E-state index contributed by atoms with van der Waals surface area (Å²) in [5, 5.41) is 31.9. The van der Waals surface area contributed by atoms with Crippen molar-refractivity contribution < 1.29 is 53.6 Å². The number of carbonyl (C=O) groups is 6. The molecule has 4 N–H and O–H groups in total. The minimum Gasteiger partial charge on any atom is -0.480 e. The van der Waals surface area contributed by atoms with E-state index in [1.165, 1.54) is 24.0 Å². The molecule has 258 valence electrons. The van der Waals surface area contributed by atoms with Gasteiger partial charge in [-0.15, -0.1) is 0 Å². The molecule has 46 heavy (non-hydrogen) atoms. The van der Waals surface area contributed by atoms with Crippen molar-refractivity contribution in [1.82, 2.24) is 14.7 Å². The highest BCUT2D eigenvalue weighted by Gasteiger charge is 2.34. The number of carboxylic acids is 2. The van der Waals surface area contributed by atoms with Crippen molar-refractivity contribution in [3.05, 3.63) is 29.8 Å². The molecule has 0 aliphatic heterocycles. The second-order valence-corrected chi connectivity index (χ2v) is 12.4. The summed E-state index contributed by atoms with van der Waals surface area (Å²) in [4.78, 5) is 76.1. The van der Waals surface area contributed by atoms with Gasteiger partial charge in [-0.05, 0) is 44.4 Å². The second kappa shape index (κ2) is 18.9. The fourth-order valence-electron chi connectivity index (χ4n) is 5.10. The molecule has 1 rings (SSSR count). The number of anilines is 1. The molecule has 0 aliphatic rings. The topological polar surface area (TPSA) is 203 Å². The summed E-state index contributed by atoms with van der Waals surface area (Å²) < 4.78 is 9.44. The Balaban J connectivity index is 3.27. The van der Waals surface area contributed by atoms with E-state index in [2.05, 4.69) is 10.1 Å². The van der Waals surface area contributed by atoms with E-state index in [1.807, 2.05) is 0 Å². The van der Waals surface area contributed by atoms with Crippen LogP contribution < -0.4 is 5.32 Å². The molecule has 0 bridgehead atoms. The molecule has 0 saturated carbocycles. The number of amides is 1. The number of carboxylic acid groups (broad SMARTS) is 2. The Morgan fingerprint density at radius 1 is 0.848 bits per heavy atom. The fourth-order valence-corrected chi connectivity index (χ4v) is 5.10. The first-order chi connectivity index (χ1) is 21.4. The van der Waals surface area contributed by atoms with Gasteiger partial charge in [0.15, 0.2) is 0 Å². The quantitative estimate of drug-likeness (QED) is 0.0986. The maximum absolute atomic E-state index is 12.9. The van der Waals surface area contributed by atoms with Gasteiger partial charge in [-0.1, -0.05) is 26.0 Å². The summed E-state index contributed by atoms with van der Waals surface area (Å²) in [6, 6.07) is 6.33. The van der Waals surface area contributed by atoms with Crippen LogP contribution in [-0.2, 0) is 44.7 Å². The predicted molar refractivity (Wildman–Crippen MR) is 167 cm³/mol. The standard InChI is InChI=1S/C31H48N4O11/c1-30(2,21-31(3,4)44)29(43)32-23-9-7-22(8-10-23)15-24(35(13-14-36)20-28(42)46-6)16-33(17-25(37)38)11-12-34(18-26(39)40)19-27(41)45-5/h7-10,14,24,44H,11-13,15-21H2,1-6H3,(H,32,43)(H,37,38)(H,39,40). The van der Waals surface area contributed by atoms with Crippen LogP contribution in [0.25, 0.3) is 0 Å². The van der Waals surface area contributed by atoms with Gasteiger partial charge in [0, 0.05) is 36.8 Å². The lowest BCUT2D eigenvalue weighted by atomic mass is 9.81. The summed E-state index contributed by atoms with van der Waals surface area (Å²) in [5.41, 5.74) is -0.615. The lowest BCUT2D eigenvalue weighted by Gasteiger charge is -2.34. The third-order valence-corrected chi connectivity index (χ3v) is 7.06. The Morgan fingerprint density at radius 2 is 1.37 bits per heavy atom. The van der Waals surface area contributed by atoms with E-state index in [0.29, 0.717) is 12.0 Å². The normalized spacial score (nSPS) is 12.6. The average Bonchev–Trinajstić information content (AvgIpc) is 2.94. The SMILES string of the molecule is COC(=O)CN(CCN(CC(=O)O)CC(Cc1ccc(NC(=O)C(C)(C)CC(C)(C)O)cc1)N(CC=O)CC(=O)OC)CC(=O)O. The highest BCUT2D eigenvalue weighted by molar-refractivity contribution is 5.94. The van der Waals surface area contributed by atoms with E-state index in [1.54, 1.807) is 56.9 Å². The predicted octanol–water partition coefficient (Wildman–Crippen LogP) is 0.344. The van der Waals surface area contributed by atoms with Crippen LogP contribution in [-0.4, -0.2) is 144 Å². The monoisotopic (exact) mass is 652 g/mol. The van der Waals surface area contributed by atoms with Gasteiger partial charge in [-0.3, -0.25) is 38.7 Å². The van der Waals surface area contributed by atoms with Crippen LogP contribution in [0.4, 0.5) is 5.69 Å². The Kier molecular flexibility index (Phi) is 16.5. The molecule has 0 heterocycles. The number of methoxy groups -OCH3 is 2. The van der Waals surface area contributed by atoms with E-state index in [4.69, 9.17) is 4.74 Å². The first-order valence-corrected chi connectivity index (χ1v) is 14.7. The Morgan fingerprint density at radius 3 is 1.87 bits per heavy atom. The number of hydrogen-bond donors (Lipinski definition) is 4. The summed E-state index contributed by atoms with van der Waals surface area (Å²) in [6.45, 7) is 5.23. The van der Waals surface area contributed by atoms with E-state index >= 15 is 0 Å². The Labute approximate surface area is 269 Å². The molecule has 0 aliphatic carbocycles. The number of nitrogens with zero attached hydrogens (tertiary/aromatic N) is 3. The van der Waals surface area contributed by atoms with Crippen LogP contribution in [0.15, 0.2) is 24.3 Å². The largest absolute Gasteiger partial charge is 0.480 e. The maximum atomic E-state index is 12.9. The van der Waals surface area contributed by atoms with Crippen LogP contribution in [0.2, 0.25) is 0 Å². The molecule has 0 saturated heterocycles. The number of aldehydes is 1. The van der Waals surface area contributed by atoms with Crippen molar-refractivity contribution in [3.63, 3.8) is 0 Å². The molecule has 0 radical (unpaired) electrons. The molecule has 1 aromatic carbocycles. The third kappa shape index (κ3) is 15.9.